The first-order valence-electron chi connectivity index (χ1n) is 13.1. The number of ether oxygens (including phenoxy) is 1. The van der Waals surface area contributed by atoms with Gasteiger partial charge in [-0.3, -0.25) is 0 Å². The number of rotatable bonds is 6. The minimum absolute atomic E-state index is 0.117. The maximum atomic E-state index is 11.8. The number of hydrogen-bond donors (Lipinski definition) is 1. The van der Waals surface area contributed by atoms with Crippen LogP contribution in [-0.4, -0.2) is 89.4 Å². The van der Waals surface area contributed by atoms with Crippen LogP contribution in [-0.2, 0) is 13.0 Å². The molecule has 0 saturated carbocycles. The molecule has 4 heterocycles. The molecular formula is C27H32N8O3. The van der Waals surface area contributed by atoms with Gasteiger partial charge in [0.2, 0.25) is 0 Å². The minimum Gasteiger partial charge on any atom is -0.465 e. The maximum absolute atomic E-state index is 11.8. The van der Waals surface area contributed by atoms with Crippen LogP contribution in [0.1, 0.15) is 36.1 Å². The lowest BCUT2D eigenvalue weighted by Crippen LogP contribution is -2.55. The van der Waals surface area contributed by atoms with Crippen LogP contribution in [0.5, 0.6) is 6.01 Å². The molecule has 2 fully saturated rings. The predicted octanol–water partition coefficient (Wildman–Crippen LogP) is 2.47. The number of likely N-dealkylation sites (N-methyl/N-ethyl adjacent to an activating group) is 1. The van der Waals surface area contributed by atoms with E-state index in [-0.39, 0.29) is 6.42 Å². The molecule has 3 aliphatic heterocycles. The summed E-state index contributed by atoms with van der Waals surface area (Å²) in [5.41, 5.74) is 3.36. The third-order valence-electron chi connectivity index (χ3n) is 7.82. The molecule has 2 aromatic rings. The number of carbonyl (C=O) groups is 1. The van der Waals surface area contributed by atoms with Gasteiger partial charge < -0.3 is 29.4 Å². The second-order valence-corrected chi connectivity index (χ2v) is 10.1. The Morgan fingerprint density at radius 2 is 1.97 bits per heavy atom. The van der Waals surface area contributed by atoms with Crippen molar-refractivity contribution in [2.24, 2.45) is 0 Å². The molecule has 1 N–H and O–H groups in total. The number of piperazine rings is 1. The Morgan fingerprint density at radius 1 is 1.13 bits per heavy atom. The van der Waals surface area contributed by atoms with E-state index in [1.54, 1.807) is 0 Å². The van der Waals surface area contributed by atoms with Gasteiger partial charge in [0, 0.05) is 37.8 Å². The van der Waals surface area contributed by atoms with E-state index in [9.17, 15) is 20.4 Å². The van der Waals surface area contributed by atoms with Gasteiger partial charge in [0.05, 0.1) is 42.0 Å². The fourth-order valence-corrected chi connectivity index (χ4v) is 5.70. The molecule has 0 radical (unpaired) electrons. The number of amides is 1. The topological polar surface area (TPSA) is 133 Å². The number of hydrogen-bond acceptors (Lipinski definition) is 9. The van der Waals surface area contributed by atoms with E-state index >= 15 is 0 Å². The predicted molar refractivity (Wildman–Crippen MR) is 140 cm³/mol. The van der Waals surface area contributed by atoms with Crippen LogP contribution in [0.25, 0.3) is 0 Å². The van der Waals surface area contributed by atoms with Crippen LogP contribution < -0.4 is 14.5 Å². The second kappa shape index (κ2) is 11.1. The lowest BCUT2D eigenvalue weighted by molar-refractivity contribution is 0.119. The summed E-state index contributed by atoms with van der Waals surface area (Å²) in [6.45, 7) is 3.92. The number of carboxylic acid groups (broad SMARTS) is 1. The molecule has 3 aliphatic rings. The first kappa shape index (κ1) is 25.6. The van der Waals surface area contributed by atoms with Crippen LogP contribution in [0.15, 0.2) is 24.3 Å². The summed E-state index contributed by atoms with van der Waals surface area (Å²) in [7, 11) is 2.10. The molecule has 11 heteroatoms. The first-order chi connectivity index (χ1) is 18.5. The number of aromatic nitrogens is 2. The smallest absolute Gasteiger partial charge is 0.407 e. The van der Waals surface area contributed by atoms with Crippen molar-refractivity contribution in [3.05, 3.63) is 41.1 Å². The van der Waals surface area contributed by atoms with Gasteiger partial charge in [-0.1, -0.05) is 12.1 Å². The Hall–Kier alpha value is -4.09. The van der Waals surface area contributed by atoms with Gasteiger partial charge in [0.25, 0.3) is 0 Å². The van der Waals surface area contributed by atoms with Crippen LogP contribution >= 0.6 is 0 Å². The normalized spacial score (nSPS) is 21.5. The molecule has 2 atom stereocenters. The lowest BCUT2D eigenvalue weighted by Gasteiger charge is -2.41. The van der Waals surface area contributed by atoms with Gasteiger partial charge in [0.1, 0.15) is 18.5 Å². The molecule has 1 amide bonds. The molecule has 0 unspecified atom stereocenters. The molecule has 0 spiro atoms. The molecular weight excluding hydrogens is 484 g/mol. The summed E-state index contributed by atoms with van der Waals surface area (Å²) < 4.78 is 6.16. The number of likely N-dealkylation sites (tertiary alicyclic amines) is 1. The van der Waals surface area contributed by atoms with E-state index in [0.29, 0.717) is 63.4 Å². The Morgan fingerprint density at radius 3 is 2.71 bits per heavy atom. The molecule has 38 heavy (non-hydrogen) atoms. The SMILES string of the molecule is CN1CCC[C@H]1COc1nc2c(c(N3CCN(C(=O)O)[C@@H](CC#N)C3)n1)CCN(c1ccccc1C#N)C2. The minimum atomic E-state index is -1.01. The zero-order valence-electron chi connectivity index (χ0n) is 21.6. The summed E-state index contributed by atoms with van der Waals surface area (Å²) in [5.74, 6) is 0.756. The monoisotopic (exact) mass is 516 g/mol. The van der Waals surface area contributed by atoms with E-state index in [1.807, 2.05) is 24.3 Å². The summed E-state index contributed by atoms with van der Waals surface area (Å²) in [4.78, 5) is 29.3. The summed E-state index contributed by atoms with van der Waals surface area (Å²) in [6, 6.07) is 12.2. The van der Waals surface area contributed by atoms with E-state index in [1.165, 1.54) is 4.90 Å². The van der Waals surface area contributed by atoms with Crippen molar-refractivity contribution in [3.8, 4) is 18.1 Å². The Kier molecular flexibility index (Phi) is 7.47. The number of nitrogens with zero attached hydrogens (tertiary/aromatic N) is 8. The molecule has 2 saturated heterocycles. The van der Waals surface area contributed by atoms with Gasteiger partial charge in [-0.15, -0.1) is 0 Å². The lowest BCUT2D eigenvalue weighted by atomic mass is 10.0. The van der Waals surface area contributed by atoms with Gasteiger partial charge in [-0.25, -0.2) is 4.79 Å². The molecule has 1 aromatic heterocycles. The molecule has 198 valence electrons. The quantitative estimate of drug-likeness (QED) is 0.610. The van der Waals surface area contributed by atoms with Crippen LogP contribution in [0.3, 0.4) is 0 Å². The maximum Gasteiger partial charge on any atom is 0.407 e. The van der Waals surface area contributed by atoms with Gasteiger partial charge in [-0.2, -0.15) is 20.5 Å². The first-order valence-corrected chi connectivity index (χ1v) is 13.1. The van der Waals surface area contributed by atoms with Crippen molar-refractivity contribution in [2.45, 2.75) is 44.3 Å². The number of fused-ring (bicyclic) bond motifs is 1. The van der Waals surface area contributed by atoms with Crippen molar-refractivity contribution in [3.63, 3.8) is 0 Å². The van der Waals surface area contributed by atoms with Gasteiger partial charge in [0.15, 0.2) is 0 Å². The molecule has 11 nitrogen and oxygen atoms in total. The summed E-state index contributed by atoms with van der Waals surface area (Å²) in [6.07, 6.45) is 2.00. The highest BCUT2D eigenvalue weighted by Gasteiger charge is 2.34. The Balaban J connectivity index is 1.46. The molecule has 1 aromatic carbocycles. The van der Waals surface area contributed by atoms with Crippen LogP contribution in [0, 0.1) is 22.7 Å². The number of benzene rings is 1. The Labute approximate surface area is 222 Å². The molecule has 0 bridgehead atoms. The van der Waals surface area contributed by atoms with E-state index in [0.717, 1.165) is 42.1 Å². The fourth-order valence-electron chi connectivity index (χ4n) is 5.70. The van der Waals surface area contributed by atoms with E-state index in [4.69, 9.17) is 14.7 Å². The van der Waals surface area contributed by atoms with Crippen molar-refractivity contribution in [2.75, 3.05) is 56.2 Å². The molecule has 0 aliphatic carbocycles. The highest BCUT2D eigenvalue weighted by atomic mass is 16.5. The number of anilines is 2. The number of nitriles is 2. The van der Waals surface area contributed by atoms with Crippen molar-refractivity contribution in [1.82, 2.24) is 19.8 Å². The average molecular weight is 517 g/mol. The zero-order chi connectivity index (χ0) is 26.6. The zero-order valence-corrected chi connectivity index (χ0v) is 21.6. The standard InChI is InChI=1S/C27H32N8O3/c1-32-11-4-6-21(32)18-38-26-30-23-17-33(24-7-3-2-5-19(24)15-29)12-9-22(23)25(31-26)34-13-14-35(27(36)37)20(16-34)8-10-28/h2-3,5,7,20-21H,4,6,8-9,11-14,16-18H2,1H3,(H,36,37)/t20-,21-/m0/s1. The largest absolute Gasteiger partial charge is 0.465 e. The highest BCUT2D eigenvalue weighted by molar-refractivity contribution is 5.67. The third kappa shape index (κ3) is 5.15. The Bertz CT molecular complexity index is 1270. The average Bonchev–Trinajstić information content (AvgIpc) is 3.35. The van der Waals surface area contributed by atoms with Crippen molar-refractivity contribution in [1.29, 1.82) is 10.5 Å². The molecule has 5 rings (SSSR count). The van der Waals surface area contributed by atoms with E-state index in [2.05, 4.69) is 33.9 Å². The van der Waals surface area contributed by atoms with Gasteiger partial charge >= 0.3 is 12.1 Å². The van der Waals surface area contributed by atoms with E-state index < -0.39 is 12.1 Å². The summed E-state index contributed by atoms with van der Waals surface area (Å²) >= 11 is 0. The van der Waals surface area contributed by atoms with Crippen molar-refractivity contribution < 1.29 is 14.6 Å². The number of para-hydroxylation sites is 1. The van der Waals surface area contributed by atoms with Crippen molar-refractivity contribution >= 4 is 17.6 Å². The third-order valence-corrected chi connectivity index (χ3v) is 7.82. The van der Waals surface area contributed by atoms with Gasteiger partial charge in [-0.05, 0) is 45.0 Å². The highest BCUT2D eigenvalue weighted by Crippen LogP contribution is 2.33. The fraction of sp³-hybridized carbons (Fsp3) is 0.519. The summed E-state index contributed by atoms with van der Waals surface area (Å²) in [5, 5.41) is 28.6. The van der Waals surface area contributed by atoms with Crippen LogP contribution in [0.4, 0.5) is 16.3 Å². The second-order valence-electron chi connectivity index (χ2n) is 10.1. The van der Waals surface area contributed by atoms with Crippen LogP contribution in [0.2, 0.25) is 0 Å².